The summed E-state index contributed by atoms with van der Waals surface area (Å²) in [6.45, 7) is 7.26. The minimum Gasteiger partial charge on any atom is -0.327 e. The van der Waals surface area contributed by atoms with Crippen molar-refractivity contribution in [1.29, 1.82) is 0 Å². The summed E-state index contributed by atoms with van der Waals surface area (Å²) >= 11 is 0. The lowest BCUT2D eigenvalue weighted by Crippen LogP contribution is -2.47. The van der Waals surface area contributed by atoms with Gasteiger partial charge in [-0.15, -0.1) is 0 Å². The molecule has 0 aromatic carbocycles. The lowest BCUT2D eigenvalue weighted by molar-refractivity contribution is 0.0720. The summed E-state index contributed by atoms with van der Waals surface area (Å²) in [6, 6.07) is 0.467. The first-order valence-corrected chi connectivity index (χ1v) is 8.30. The first-order chi connectivity index (χ1) is 8.54. The van der Waals surface area contributed by atoms with Crippen LogP contribution in [-0.4, -0.2) is 6.04 Å². The Hall–Kier alpha value is -0.0400. The summed E-state index contributed by atoms with van der Waals surface area (Å²) in [5.41, 5.74) is 7.20. The third-order valence-electron chi connectivity index (χ3n) is 6.00. The molecule has 2 rings (SSSR count). The molecular formula is C17H33N. The molecule has 0 aromatic heterocycles. The summed E-state index contributed by atoms with van der Waals surface area (Å²) < 4.78 is 0. The molecule has 1 heteroatoms. The van der Waals surface area contributed by atoms with Crippen molar-refractivity contribution in [3.05, 3.63) is 0 Å². The van der Waals surface area contributed by atoms with Crippen LogP contribution in [0.25, 0.3) is 0 Å². The Bertz CT molecular complexity index is 258. The summed E-state index contributed by atoms with van der Waals surface area (Å²) in [5, 5.41) is 0. The summed E-state index contributed by atoms with van der Waals surface area (Å²) in [4.78, 5) is 0. The van der Waals surface area contributed by atoms with Crippen LogP contribution >= 0.6 is 0 Å². The van der Waals surface area contributed by atoms with Crippen LogP contribution in [0.4, 0.5) is 0 Å². The Morgan fingerprint density at radius 1 is 1.11 bits per heavy atom. The van der Waals surface area contributed by atoms with E-state index < -0.39 is 0 Å². The average Bonchev–Trinajstić information content (AvgIpc) is 2.37. The normalized spacial score (nSPS) is 38.3. The van der Waals surface area contributed by atoms with E-state index in [-0.39, 0.29) is 0 Å². The highest BCUT2D eigenvalue weighted by Crippen LogP contribution is 2.45. The maximum absolute atomic E-state index is 6.72. The van der Waals surface area contributed by atoms with E-state index in [2.05, 4.69) is 20.8 Å². The quantitative estimate of drug-likeness (QED) is 0.770. The van der Waals surface area contributed by atoms with Gasteiger partial charge in [0, 0.05) is 6.04 Å². The van der Waals surface area contributed by atoms with Crippen molar-refractivity contribution in [2.45, 2.75) is 84.6 Å². The first kappa shape index (κ1) is 14.4. The Kier molecular flexibility index (Phi) is 4.75. The van der Waals surface area contributed by atoms with E-state index in [9.17, 15) is 0 Å². The van der Waals surface area contributed by atoms with Gasteiger partial charge in [-0.25, -0.2) is 0 Å². The van der Waals surface area contributed by atoms with Gasteiger partial charge in [0.1, 0.15) is 0 Å². The molecule has 2 aliphatic rings. The fourth-order valence-electron chi connectivity index (χ4n) is 4.62. The minimum atomic E-state index is 0.467. The van der Waals surface area contributed by atoms with Gasteiger partial charge in [0.05, 0.1) is 0 Å². The molecule has 0 radical (unpaired) electrons. The van der Waals surface area contributed by atoms with Gasteiger partial charge in [0.15, 0.2) is 0 Å². The van der Waals surface area contributed by atoms with E-state index in [0.29, 0.717) is 11.5 Å². The van der Waals surface area contributed by atoms with Crippen LogP contribution < -0.4 is 5.73 Å². The summed E-state index contributed by atoms with van der Waals surface area (Å²) in [5.74, 6) is 2.54. The molecule has 106 valence electrons. The lowest BCUT2D eigenvalue weighted by atomic mass is 9.62. The Balaban J connectivity index is 1.98. The van der Waals surface area contributed by atoms with Gasteiger partial charge in [-0.1, -0.05) is 52.9 Å². The average molecular weight is 251 g/mol. The van der Waals surface area contributed by atoms with Crippen molar-refractivity contribution in [1.82, 2.24) is 0 Å². The minimum absolute atomic E-state index is 0.467. The highest BCUT2D eigenvalue weighted by Gasteiger charge is 2.39. The van der Waals surface area contributed by atoms with Crippen molar-refractivity contribution in [2.75, 3.05) is 0 Å². The third kappa shape index (κ3) is 3.10. The van der Waals surface area contributed by atoms with Crippen LogP contribution in [0.15, 0.2) is 0 Å². The van der Waals surface area contributed by atoms with Gasteiger partial charge in [-0.2, -0.15) is 0 Å². The van der Waals surface area contributed by atoms with Crippen LogP contribution in [-0.2, 0) is 0 Å². The van der Waals surface area contributed by atoms with E-state index in [4.69, 9.17) is 5.73 Å². The second-order valence-corrected chi connectivity index (χ2v) is 7.62. The molecule has 2 fully saturated rings. The van der Waals surface area contributed by atoms with Gasteiger partial charge in [0.2, 0.25) is 0 Å². The van der Waals surface area contributed by atoms with Crippen molar-refractivity contribution in [3.63, 3.8) is 0 Å². The number of nitrogens with two attached hydrogens (primary N) is 1. The molecule has 2 N–H and O–H groups in total. The molecule has 4 atom stereocenters. The lowest BCUT2D eigenvalue weighted by Gasteiger charge is -2.46. The molecule has 4 unspecified atom stereocenters. The molecule has 0 amide bonds. The fraction of sp³-hybridized carbons (Fsp3) is 1.00. The molecule has 0 heterocycles. The van der Waals surface area contributed by atoms with Crippen LogP contribution in [0.3, 0.4) is 0 Å². The Labute approximate surface area is 114 Å². The van der Waals surface area contributed by atoms with Gasteiger partial charge in [0.25, 0.3) is 0 Å². The van der Waals surface area contributed by atoms with Crippen LogP contribution in [0, 0.1) is 23.2 Å². The Morgan fingerprint density at radius 2 is 1.89 bits per heavy atom. The molecule has 1 nitrogen and oxygen atoms in total. The smallest absolute Gasteiger partial charge is 0.0101 e. The zero-order valence-electron chi connectivity index (χ0n) is 12.8. The summed E-state index contributed by atoms with van der Waals surface area (Å²) in [7, 11) is 0. The molecule has 0 aliphatic heterocycles. The predicted octanol–water partition coefficient (Wildman–Crippen LogP) is 4.75. The van der Waals surface area contributed by atoms with Crippen molar-refractivity contribution in [3.8, 4) is 0 Å². The molecule has 0 bridgehead atoms. The Morgan fingerprint density at radius 3 is 2.56 bits per heavy atom. The molecule has 0 spiro atoms. The largest absolute Gasteiger partial charge is 0.327 e. The predicted molar refractivity (Wildman–Crippen MR) is 79.5 cm³/mol. The van der Waals surface area contributed by atoms with Gasteiger partial charge in [-0.05, 0) is 48.9 Å². The van der Waals surface area contributed by atoms with Gasteiger partial charge in [-0.3, -0.25) is 0 Å². The molecule has 2 saturated carbocycles. The number of rotatable bonds is 3. The van der Waals surface area contributed by atoms with Crippen LogP contribution in [0.1, 0.15) is 78.6 Å². The van der Waals surface area contributed by atoms with E-state index in [1.54, 1.807) is 0 Å². The van der Waals surface area contributed by atoms with E-state index in [1.165, 1.54) is 57.8 Å². The monoisotopic (exact) mass is 251 g/mol. The topological polar surface area (TPSA) is 26.0 Å². The zero-order chi connectivity index (χ0) is 13.2. The summed E-state index contributed by atoms with van der Waals surface area (Å²) in [6.07, 6.45) is 12.6. The maximum Gasteiger partial charge on any atom is 0.0101 e. The maximum atomic E-state index is 6.72. The zero-order valence-corrected chi connectivity index (χ0v) is 12.8. The molecule has 0 saturated heterocycles. The van der Waals surface area contributed by atoms with E-state index >= 15 is 0 Å². The fourth-order valence-corrected chi connectivity index (χ4v) is 4.62. The van der Waals surface area contributed by atoms with Crippen molar-refractivity contribution >= 4 is 0 Å². The first-order valence-electron chi connectivity index (χ1n) is 8.30. The number of hydrogen-bond acceptors (Lipinski definition) is 1. The molecule has 0 aromatic rings. The third-order valence-corrected chi connectivity index (χ3v) is 6.00. The molecule has 18 heavy (non-hydrogen) atoms. The van der Waals surface area contributed by atoms with Crippen LogP contribution in [0.5, 0.6) is 0 Å². The van der Waals surface area contributed by atoms with Gasteiger partial charge < -0.3 is 5.73 Å². The highest BCUT2D eigenvalue weighted by molar-refractivity contribution is 4.93. The molecular weight excluding hydrogens is 218 g/mol. The second kappa shape index (κ2) is 5.94. The van der Waals surface area contributed by atoms with Gasteiger partial charge >= 0.3 is 0 Å². The van der Waals surface area contributed by atoms with E-state index in [1.807, 2.05) is 0 Å². The van der Waals surface area contributed by atoms with E-state index in [0.717, 1.165) is 17.8 Å². The van der Waals surface area contributed by atoms with Crippen LogP contribution in [0.2, 0.25) is 0 Å². The van der Waals surface area contributed by atoms with Crippen molar-refractivity contribution in [2.24, 2.45) is 28.9 Å². The second-order valence-electron chi connectivity index (χ2n) is 7.62. The van der Waals surface area contributed by atoms with Crippen molar-refractivity contribution < 1.29 is 0 Å². The standard InChI is InChI=1S/C17H33N/c1-4-13-8-7-9-14(12-13)16(18)15-10-5-6-11-17(15,2)3/h13-16H,4-12,18H2,1-3H3. The highest BCUT2D eigenvalue weighted by atomic mass is 14.7. The number of hydrogen-bond donors (Lipinski definition) is 1. The SMILES string of the molecule is CCC1CCCC(C(N)C2CCCCC2(C)C)C1. The molecule has 2 aliphatic carbocycles.